The number of carbonyl (C=O) groups excluding carboxylic acids is 2. The zero-order valence-electron chi connectivity index (χ0n) is 15.0. The molecule has 0 unspecified atom stereocenters. The Morgan fingerprint density at radius 1 is 1.04 bits per heavy atom. The Morgan fingerprint density at radius 3 is 2.46 bits per heavy atom. The van der Waals surface area contributed by atoms with Gasteiger partial charge in [0, 0.05) is 28.8 Å². The Hall–Kier alpha value is -2.34. The standard InChI is InChI=1S/C20H15Cl3N2O3/c1-11-8-15(12(2)25(11)13-5-6-16(21)17(22)9-13)18(26)10-28-20(27)14-4-3-7-24-19(14)23/h3-9H,10H2,1-2H3. The average molecular weight is 438 g/mol. The van der Waals surface area contributed by atoms with Crippen LogP contribution in [-0.4, -0.2) is 27.9 Å². The zero-order valence-corrected chi connectivity index (χ0v) is 17.3. The zero-order chi connectivity index (χ0) is 20.4. The highest BCUT2D eigenvalue weighted by Gasteiger charge is 2.20. The number of nitrogens with zero attached hydrogens (tertiary/aromatic N) is 2. The van der Waals surface area contributed by atoms with E-state index in [2.05, 4.69) is 4.98 Å². The third kappa shape index (κ3) is 4.07. The van der Waals surface area contributed by atoms with E-state index in [1.54, 1.807) is 24.3 Å². The van der Waals surface area contributed by atoms with Gasteiger partial charge in [0.25, 0.3) is 0 Å². The minimum Gasteiger partial charge on any atom is -0.454 e. The van der Waals surface area contributed by atoms with Crippen molar-refractivity contribution in [3.63, 3.8) is 0 Å². The SMILES string of the molecule is Cc1cc(C(=O)COC(=O)c2cccnc2Cl)c(C)n1-c1ccc(Cl)c(Cl)c1. The predicted molar refractivity (Wildman–Crippen MR) is 109 cm³/mol. The molecule has 5 nitrogen and oxygen atoms in total. The molecule has 0 fully saturated rings. The van der Waals surface area contributed by atoms with Crippen molar-refractivity contribution < 1.29 is 14.3 Å². The van der Waals surface area contributed by atoms with E-state index in [0.29, 0.717) is 21.3 Å². The molecule has 0 amide bonds. The first-order chi connectivity index (χ1) is 13.3. The monoisotopic (exact) mass is 436 g/mol. The van der Waals surface area contributed by atoms with Crippen LogP contribution in [-0.2, 0) is 4.74 Å². The fourth-order valence-electron chi connectivity index (χ4n) is 2.89. The number of hydrogen-bond acceptors (Lipinski definition) is 4. The van der Waals surface area contributed by atoms with Crippen molar-refractivity contribution in [2.45, 2.75) is 13.8 Å². The van der Waals surface area contributed by atoms with E-state index < -0.39 is 12.6 Å². The molecule has 8 heteroatoms. The highest BCUT2D eigenvalue weighted by atomic mass is 35.5. The Kier molecular flexibility index (Phi) is 6.08. The maximum Gasteiger partial charge on any atom is 0.341 e. The minimum absolute atomic E-state index is 0.0257. The van der Waals surface area contributed by atoms with Gasteiger partial charge in [-0.25, -0.2) is 9.78 Å². The van der Waals surface area contributed by atoms with E-state index in [1.807, 2.05) is 24.5 Å². The number of Topliss-reactive ketones (excluding diaryl/α,β-unsaturated/α-hetero) is 1. The lowest BCUT2D eigenvalue weighted by molar-refractivity contribution is 0.0474. The Bertz CT molecular complexity index is 1080. The van der Waals surface area contributed by atoms with Gasteiger partial charge in [-0.3, -0.25) is 4.79 Å². The molecule has 2 aromatic heterocycles. The molecule has 1 aromatic carbocycles. The second kappa shape index (κ2) is 8.35. The molecular formula is C20H15Cl3N2O3. The van der Waals surface area contributed by atoms with Gasteiger partial charge in [-0.2, -0.15) is 0 Å². The molecule has 3 aromatic rings. The molecule has 0 aliphatic rings. The summed E-state index contributed by atoms with van der Waals surface area (Å²) in [6.45, 7) is 3.27. The molecular weight excluding hydrogens is 423 g/mol. The van der Waals surface area contributed by atoms with Crippen LogP contribution in [0.25, 0.3) is 5.69 Å². The number of pyridine rings is 1. The summed E-state index contributed by atoms with van der Waals surface area (Å²) < 4.78 is 6.99. The molecule has 0 aliphatic heterocycles. The molecule has 2 heterocycles. The number of ketones is 1. The third-order valence-corrected chi connectivity index (χ3v) is 5.25. The number of rotatable bonds is 5. The Morgan fingerprint density at radius 2 is 1.79 bits per heavy atom. The molecule has 0 N–H and O–H groups in total. The van der Waals surface area contributed by atoms with E-state index >= 15 is 0 Å². The second-order valence-electron chi connectivity index (χ2n) is 6.06. The van der Waals surface area contributed by atoms with Crippen LogP contribution < -0.4 is 0 Å². The van der Waals surface area contributed by atoms with Crippen molar-refractivity contribution in [2.24, 2.45) is 0 Å². The summed E-state index contributed by atoms with van der Waals surface area (Å²) in [5, 5.41) is 0.893. The maximum absolute atomic E-state index is 12.6. The third-order valence-electron chi connectivity index (χ3n) is 4.21. The van der Waals surface area contributed by atoms with Gasteiger partial charge < -0.3 is 9.30 Å². The molecule has 3 rings (SSSR count). The van der Waals surface area contributed by atoms with Gasteiger partial charge in [-0.1, -0.05) is 34.8 Å². The van der Waals surface area contributed by atoms with Crippen molar-refractivity contribution in [3.8, 4) is 5.69 Å². The number of hydrogen-bond donors (Lipinski definition) is 0. The normalized spacial score (nSPS) is 10.8. The van der Waals surface area contributed by atoms with Crippen LogP contribution in [0.1, 0.15) is 32.1 Å². The number of ether oxygens (including phenoxy) is 1. The van der Waals surface area contributed by atoms with Crippen molar-refractivity contribution in [1.82, 2.24) is 9.55 Å². The highest BCUT2D eigenvalue weighted by Crippen LogP contribution is 2.28. The molecule has 0 saturated heterocycles. The molecule has 0 bridgehead atoms. The van der Waals surface area contributed by atoms with E-state index in [4.69, 9.17) is 39.5 Å². The quantitative estimate of drug-likeness (QED) is 0.301. The van der Waals surface area contributed by atoms with Crippen molar-refractivity contribution in [3.05, 3.63) is 80.3 Å². The molecule has 0 aliphatic carbocycles. The van der Waals surface area contributed by atoms with E-state index in [9.17, 15) is 9.59 Å². The summed E-state index contributed by atoms with van der Waals surface area (Å²) >= 11 is 18.0. The summed E-state index contributed by atoms with van der Waals surface area (Å²) in [7, 11) is 0. The van der Waals surface area contributed by atoms with Crippen molar-refractivity contribution >= 4 is 46.6 Å². The molecule has 0 atom stereocenters. The number of esters is 1. The van der Waals surface area contributed by atoms with Crippen LogP contribution in [0.4, 0.5) is 0 Å². The number of benzene rings is 1. The second-order valence-corrected chi connectivity index (χ2v) is 7.23. The van der Waals surface area contributed by atoms with Crippen LogP contribution in [0.3, 0.4) is 0 Å². The van der Waals surface area contributed by atoms with Crippen molar-refractivity contribution in [1.29, 1.82) is 0 Å². The lowest BCUT2D eigenvalue weighted by Gasteiger charge is -2.11. The highest BCUT2D eigenvalue weighted by molar-refractivity contribution is 6.42. The smallest absolute Gasteiger partial charge is 0.341 e. The van der Waals surface area contributed by atoms with Gasteiger partial charge in [0.2, 0.25) is 5.78 Å². The van der Waals surface area contributed by atoms with Crippen molar-refractivity contribution in [2.75, 3.05) is 6.61 Å². The van der Waals surface area contributed by atoms with E-state index in [0.717, 1.165) is 11.4 Å². The van der Waals surface area contributed by atoms with Crippen LogP contribution in [0.2, 0.25) is 15.2 Å². The van der Waals surface area contributed by atoms with E-state index in [-0.39, 0.29) is 16.5 Å². The van der Waals surface area contributed by atoms with E-state index in [1.165, 1.54) is 12.3 Å². The predicted octanol–water partition coefficient (Wildman–Crippen LogP) is 5.49. The fourth-order valence-corrected chi connectivity index (χ4v) is 3.38. The van der Waals surface area contributed by atoms with Crippen LogP contribution >= 0.6 is 34.8 Å². The van der Waals surface area contributed by atoms with Gasteiger partial charge in [0.05, 0.1) is 15.6 Å². The number of carbonyl (C=O) groups is 2. The number of halogens is 3. The van der Waals surface area contributed by atoms with Crippen LogP contribution in [0.15, 0.2) is 42.6 Å². The average Bonchev–Trinajstić information content (AvgIpc) is 2.96. The first kappa shape index (κ1) is 20.4. The lowest BCUT2D eigenvalue weighted by Crippen LogP contribution is -2.15. The number of aromatic nitrogens is 2. The summed E-state index contributed by atoms with van der Waals surface area (Å²) in [6, 6.07) is 10.0. The minimum atomic E-state index is -0.704. The Balaban J connectivity index is 1.80. The van der Waals surface area contributed by atoms with Gasteiger partial charge >= 0.3 is 5.97 Å². The summed E-state index contributed by atoms with van der Waals surface area (Å²) in [6.07, 6.45) is 1.46. The molecule has 28 heavy (non-hydrogen) atoms. The summed E-state index contributed by atoms with van der Waals surface area (Å²) in [5.41, 5.74) is 2.88. The first-order valence-corrected chi connectivity index (χ1v) is 9.38. The Labute approximate surface area is 176 Å². The van der Waals surface area contributed by atoms with Gasteiger partial charge in [0.15, 0.2) is 6.61 Å². The first-order valence-electron chi connectivity index (χ1n) is 8.24. The maximum atomic E-state index is 12.6. The molecule has 0 saturated carbocycles. The van der Waals surface area contributed by atoms with Gasteiger partial charge in [-0.15, -0.1) is 0 Å². The lowest BCUT2D eigenvalue weighted by atomic mass is 10.1. The van der Waals surface area contributed by atoms with Gasteiger partial charge in [-0.05, 0) is 50.2 Å². The van der Waals surface area contributed by atoms with Gasteiger partial charge in [0.1, 0.15) is 5.15 Å². The number of aryl methyl sites for hydroxylation is 1. The fraction of sp³-hybridized carbons (Fsp3) is 0.150. The molecule has 144 valence electrons. The topological polar surface area (TPSA) is 61.2 Å². The molecule has 0 radical (unpaired) electrons. The molecule has 0 spiro atoms. The summed E-state index contributed by atoms with van der Waals surface area (Å²) in [5.74, 6) is -1.03. The largest absolute Gasteiger partial charge is 0.454 e. The van der Waals surface area contributed by atoms with Crippen LogP contribution in [0.5, 0.6) is 0 Å². The van der Waals surface area contributed by atoms with Crippen LogP contribution in [0, 0.1) is 13.8 Å². The summed E-state index contributed by atoms with van der Waals surface area (Å²) in [4.78, 5) is 28.6.